The zero-order valence-electron chi connectivity index (χ0n) is 12.5. The van der Waals surface area contributed by atoms with E-state index in [2.05, 4.69) is 0 Å². The second kappa shape index (κ2) is 5.37. The Hall–Kier alpha value is -2.37. The molecule has 0 bridgehead atoms. The highest BCUT2D eigenvalue weighted by molar-refractivity contribution is 6.30. The average molecular weight is 332 g/mol. The molecule has 1 unspecified atom stereocenters. The number of benzene rings is 2. The fraction of sp³-hybridized carbons (Fsp3) is 0.176. The van der Waals surface area contributed by atoms with Crippen molar-refractivity contribution < 1.29 is 19.4 Å². The maximum absolute atomic E-state index is 12.7. The molecule has 0 saturated heterocycles. The van der Waals surface area contributed by atoms with E-state index in [1.807, 2.05) is 0 Å². The minimum absolute atomic E-state index is 0.151. The summed E-state index contributed by atoms with van der Waals surface area (Å²) in [7, 11) is 2.76. The fourth-order valence-corrected chi connectivity index (χ4v) is 2.96. The Balaban J connectivity index is 2.36. The zero-order valence-corrected chi connectivity index (χ0v) is 13.3. The first-order valence-electron chi connectivity index (χ1n) is 6.89. The van der Waals surface area contributed by atoms with Gasteiger partial charge in [0.15, 0.2) is 5.60 Å². The summed E-state index contributed by atoms with van der Waals surface area (Å²) in [4.78, 5) is 26.0. The van der Waals surface area contributed by atoms with E-state index in [-0.39, 0.29) is 16.9 Å². The van der Waals surface area contributed by atoms with Gasteiger partial charge in [-0.1, -0.05) is 29.8 Å². The smallest absolute Gasteiger partial charge is 0.270 e. The van der Waals surface area contributed by atoms with Gasteiger partial charge in [-0.05, 0) is 29.8 Å². The normalized spacial score (nSPS) is 20.4. The number of fused-ring (bicyclic) bond motifs is 1. The largest absolute Gasteiger partial charge is 0.496 e. The highest BCUT2D eigenvalue weighted by atomic mass is 35.5. The molecule has 23 heavy (non-hydrogen) atoms. The monoisotopic (exact) mass is 331 g/mol. The van der Waals surface area contributed by atoms with Gasteiger partial charge in [0.1, 0.15) is 5.75 Å². The van der Waals surface area contributed by atoms with E-state index < -0.39 is 17.4 Å². The van der Waals surface area contributed by atoms with E-state index in [1.54, 1.807) is 42.5 Å². The number of halogens is 1. The molecule has 1 heterocycles. The summed E-state index contributed by atoms with van der Waals surface area (Å²) in [5.41, 5.74) is -1.33. The van der Waals surface area contributed by atoms with Crippen LogP contribution < -0.4 is 4.74 Å². The molecule has 0 aliphatic carbocycles. The summed E-state index contributed by atoms with van der Waals surface area (Å²) in [5.74, 6) is -0.945. The summed E-state index contributed by atoms with van der Waals surface area (Å²) in [6, 6.07) is 11.1. The number of carbonyl (C=O) groups is 2. The molecule has 1 atom stereocenters. The van der Waals surface area contributed by atoms with Crippen molar-refractivity contribution in [2.45, 2.75) is 5.60 Å². The third-order valence-electron chi connectivity index (χ3n) is 4.02. The van der Waals surface area contributed by atoms with Gasteiger partial charge in [-0.15, -0.1) is 0 Å². The van der Waals surface area contributed by atoms with E-state index >= 15 is 0 Å². The van der Waals surface area contributed by atoms with Crippen molar-refractivity contribution in [3.05, 3.63) is 64.2 Å². The van der Waals surface area contributed by atoms with Gasteiger partial charge in [0.05, 0.1) is 18.2 Å². The molecule has 1 aliphatic rings. The number of methoxy groups -OCH3 is 1. The second-order valence-electron chi connectivity index (χ2n) is 5.27. The van der Waals surface area contributed by atoms with Crippen LogP contribution in [0, 0.1) is 0 Å². The van der Waals surface area contributed by atoms with Gasteiger partial charge in [-0.2, -0.15) is 0 Å². The molecular weight excluding hydrogens is 318 g/mol. The van der Waals surface area contributed by atoms with Gasteiger partial charge >= 0.3 is 0 Å². The number of carbonyl (C=O) groups excluding carboxylic acids is 2. The summed E-state index contributed by atoms with van der Waals surface area (Å²) in [6.45, 7) is 0. The lowest BCUT2D eigenvalue weighted by atomic mass is 9.79. The third kappa shape index (κ3) is 2.12. The van der Waals surface area contributed by atoms with Crippen molar-refractivity contribution in [1.82, 2.24) is 4.90 Å². The molecule has 0 spiro atoms. The quantitative estimate of drug-likeness (QED) is 0.857. The van der Waals surface area contributed by atoms with Gasteiger partial charge in [0.25, 0.3) is 11.8 Å². The second-order valence-corrected chi connectivity index (χ2v) is 5.71. The minimum atomic E-state index is -2.02. The predicted molar refractivity (Wildman–Crippen MR) is 84.5 cm³/mol. The van der Waals surface area contributed by atoms with E-state index in [0.29, 0.717) is 10.6 Å². The number of hydrogen-bond acceptors (Lipinski definition) is 4. The first kappa shape index (κ1) is 15.5. The Kier molecular flexibility index (Phi) is 3.62. The van der Waals surface area contributed by atoms with E-state index in [0.717, 1.165) is 4.90 Å². The van der Waals surface area contributed by atoms with E-state index in [1.165, 1.54) is 14.2 Å². The first-order valence-corrected chi connectivity index (χ1v) is 7.27. The van der Waals surface area contributed by atoms with Crippen molar-refractivity contribution in [2.24, 2.45) is 0 Å². The lowest BCUT2D eigenvalue weighted by molar-refractivity contribution is -0.145. The number of nitrogens with zero attached hydrogens (tertiary/aromatic N) is 1. The minimum Gasteiger partial charge on any atom is -0.496 e. The van der Waals surface area contributed by atoms with Crippen molar-refractivity contribution in [3.63, 3.8) is 0 Å². The van der Waals surface area contributed by atoms with Gasteiger partial charge in [0, 0.05) is 12.1 Å². The van der Waals surface area contributed by atoms with Crippen molar-refractivity contribution in [1.29, 1.82) is 0 Å². The van der Waals surface area contributed by atoms with Crippen molar-refractivity contribution >= 4 is 23.4 Å². The van der Waals surface area contributed by atoms with Crippen LogP contribution in [0.15, 0.2) is 42.5 Å². The summed E-state index contributed by atoms with van der Waals surface area (Å²) in [6.07, 6.45) is 0. The van der Waals surface area contributed by atoms with Gasteiger partial charge < -0.3 is 9.84 Å². The van der Waals surface area contributed by atoms with Crippen LogP contribution in [-0.2, 0) is 10.4 Å². The molecule has 2 aromatic rings. The first-order chi connectivity index (χ1) is 10.9. The van der Waals surface area contributed by atoms with Crippen LogP contribution >= 0.6 is 11.6 Å². The molecule has 1 N–H and O–H groups in total. The highest BCUT2D eigenvalue weighted by Crippen LogP contribution is 2.43. The third-order valence-corrected chi connectivity index (χ3v) is 4.27. The Morgan fingerprint density at radius 1 is 1.13 bits per heavy atom. The number of amides is 2. The highest BCUT2D eigenvalue weighted by Gasteiger charge is 2.51. The van der Waals surface area contributed by atoms with Crippen LogP contribution in [0.25, 0.3) is 0 Å². The van der Waals surface area contributed by atoms with E-state index in [4.69, 9.17) is 16.3 Å². The Bertz CT molecular complexity index is 803. The molecule has 5 nitrogen and oxygen atoms in total. The van der Waals surface area contributed by atoms with Crippen LogP contribution in [0.3, 0.4) is 0 Å². The Labute approximate surface area is 138 Å². The summed E-state index contributed by atoms with van der Waals surface area (Å²) >= 11 is 5.89. The molecule has 2 amide bonds. The fourth-order valence-electron chi connectivity index (χ4n) is 2.83. The molecule has 0 saturated carbocycles. The van der Waals surface area contributed by atoms with Crippen LogP contribution in [0.1, 0.15) is 21.5 Å². The molecule has 0 radical (unpaired) electrons. The molecule has 118 valence electrons. The topological polar surface area (TPSA) is 66.8 Å². The number of ether oxygens (including phenoxy) is 1. The molecule has 0 fully saturated rings. The maximum Gasteiger partial charge on any atom is 0.270 e. The lowest BCUT2D eigenvalue weighted by Gasteiger charge is -2.37. The average Bonchev–Trinajstić information content (AvgIpc) is 2.58. The van der Waals surface area contributed by atoms with Crippen LogP contribution in [0.5, 0.6) is 5.75 Å². The van der Waals surface area contributed by atoms with Crippen LogP contribution in [0.2, 0.25) is 5.02 Å². The number of imide groups is 1. The summed E-state index contributed by atoms with van der Waals surface area (Å²) in [5, 5.41) is 11.8. The maximum atomic E-state index is 12.7. The van der Waals surface area contributed by atoms with Gasteiger partial charge in [-0.3, -0.25) is 14.5 Å². The molecular formula is C17H14ClNO4. The number of likely N-dealkylation sites (N-methyl/N-ethyl adjacent to an activating group) is 1. The Morgan fingerprint density at radius 2 is 1.78 bits per heavy atom. The lowest BCUT2D eigenvalue weighted by Crippen LogP contribution is -2.53. The van der Waals surface area contributed by atoms with Crippen molar-refractivity contribution in [3.8, 4) is 5.75 Å². The predicted octanol–water partition coefficient (Wildman–Crippen LogP) is 2.20. The molecule has 0 aromatic heterocycles. The molecule has 2 aromatic carbocycles. The number of hydrogen-bond donors (Lipinski definition) is 1. The van der Waals surface area contributed by atoms with Crippen LogP contribution in [0.4, 0.5) is 0 Å². The molecule has 6 heteroatoms. The number of rotatable bonds is 2. The van der Waals surface area contributed by atoms with Gasteiger partial charge in [-0.25, -0.2) is 0 Å². The van der Waals surface area contributed by atoms with Crippen LogP contribution in [-0.4, -0.2) is 36.0 Å². The summed E-state index contributed by atoms with van der Waals surface area (Å²) < 4.78 is 5.28. The SMILES string of the molecule is COc1cccc2c1C(O)(c1ccc(Cl)cc1)C(=O)N(C)C2=O. The standard InChI is InChI=1S/C17H14ClNO4/c1-19-15(20)12-4-3-5-13(23-2)14(12)17(22,16(19)21)10-6-8-11(18)9-7-10/h3-9,22H,1-2H3. The van der Waals surface area contributed by atoms with E-state index in [9.17, 15) is 14.7 Å². The molecule has 3 rings (SSSR count). The molecule has 1 aliphatic heterocycles. The zero-order chi connectivity index (χ0) is 16.8. The number of aliphatic hydroxyl groups is 1. The Morgan fingerprint density at radius 3 is 2.39 bits per heavy atom. The van der Waals surface area contributed by atoms with Gasteiger partial charge in [0.2, 0.25) is 0 Å². The van der Waals surface area contributed by atoms with Crippen molar-refractivity contribution in [2.75, 3.05) is 14.2 Å².